The zero-order valence-electron chi connectivity index (χ0n) is 11.8. The number of carbonyl (C=O) groups is 1. The Morgan fingerprint density at radius 3 is 2.79 bits per heavy atom. The van der Waals surface area contributed by atoms with Gasteiger partial charge in [0.2, 0.25) is 5.91 Å². The van der Waals surface area contributed by atoms with Gasteiger partial charge in [0.05, 0.1) is 6.54 Å². The summed E-state index contributed by atoms with van der Waals surface area (Å²) >= 11 is 0. The van der Waals surface area contributed by atoms with Crippen molar-refractivity contribution in [3.8, 4) is 0 Å². The summed E-state index contributed by atoms with van der Waals surface area (Å²) in [6.45, 7) is 3.97. The first-order valence-electron chi connectivity index (χ1n) is 7.37. The van der Waals surface area contributed by atoms with Gasteiger partial charge in [0, 0.05) is 6.54 Å². The Morgan fingerprint density at radius 1 is 1.21 bits per heavy atom. The van der Waals surface area contributed by atoms with E-state index in [4.69, 9.17) is 0 Å². The Kier molecular flexibility index (Phi) is 5.40. The second-order valence-corrected chi connectivity index (χ2v) is 5.19. The Morgan fingerprint density at radius 2 is 2.00 bits per heavy atom. The molecule has 2 rings (SSSR count). The minimum atomic E-state index is 0.0832. The second kappa shape index (κ2) is 7.29. The summed E-state index contributed by atoms with van der Waals surface area (Å²) in [5.41, 5.74) is 4.37. The van der Waals surface area contributed by atoms with Gasteiger partial charge in [-0.3, -0.25) is 4.79 Å². The molecule has 0 atom stereocenters. The first-order valence-corrected chi connectivity index (χ1v) is 7.37. The molecule has 1 aromatic rings. The van der Waals surface area contributed by atoms with E-state index < -0.39 is 0 Å². The number of fused-ring (bicyclic) bond motifs is 1. The molecule has 0 spiro atoms. The standard InChI is InChI=1S/C16H24N2O/c1-2-17-12-16(19)18-10-9-13-7-8-14-5-3-4-6-15(14)11-13/h7-8,11,17H,2-6,9-10,12H2,1H3,(H,18,19). The lowest BCUT2D eigenvalue weighted by Gasteiger charge is -2.16. The van der Waals surface area contributed by atoms with E-state index in [1.807, 2.05) is 6.92 Å². The fourth-order valence-electron chi connectivity index (χ4n) is 2.59. The van der Waals surface area contributed by atoms with Gasteiger partial charge >= 0.3 is 0 Å². The Labute approximate surface area is 115 Å². The van der Waals surface area contributed by atoms with Crippen molar-refractivity contribution in [1.82, 2.24) is 10.6 Å². The maximum absolute atomic E-state index is 11.5. The first-order chi connectivity index (χ1) is 9.29. The predicted octanol–water partition coefficient (Wildman–Crippen LogP) is 1.83. The van der Waals surface area contributed by atoms with E-state index in [0.29, 0.717) is 6.54 Å². The zero-order valence-corrected chi connectivity index (χ0v) is 11.8. The number of amides is 1. The summed E-state index contributed by atoms with van der Waals surface area (Å²) < 4.78 is 0. The number of aryl methyl sites for hydroxylation is 2. The average molecular weight is 260 g/mol. The third-order valence-corrected chi connectivity index (χ3v) is 3.68. The van der Waals surface area contributed by atoms with Crippen LogP contribution in [0.4, 0.5) is 0 Å². The molecule has 3 nitrogen and oxygen atoms in total. The van der Waals surface area contributed by atoms with E-state index in [0.717, 1.165) is 19.5 Å². The van der Waals surface area contributed by atoms with Crippen LogP contribution in [-0.2, 0) is 24.1 Å². The van der Waals surface area contributed by atoms with Crippen LogP contribution in [0.3, 0.4) is 0 Å². The molecular formula is C16H24N2O. The smallest absolute Gasteiger partial charge is 0.233 e. The molecule has 104 valence electrons. The Balaban J connectivity index is 1.78. The molecule has 1 aliphatic rings. The minimum Gasteiger partial charge on any atom is -0.355 e. The fraction of sp³-hybridized carbons (Fsp3) is 0.562. The van der Waals surface area contributed by atoms with Gasteiger partial charge in [-0.05, 0) is 55.3 Å². The molecule has 0 radical (unpaired) electrons. The molecule has 0 fully saturated rings. The normalized spacial score (nSPS) is 13.9. The van der Waals surface area contributed by atoms with E-state index in [1.165, 1.54) is 42.4 Å². The van der Waals surface area contributed by atoms with Gasteiger partial charge in [-0.15, -0.1) is 0 Å². The van der Waals surface area contributed by atoms with E-state index in [2.05, 4.69) is 28.8 Å². The summed E-state index contributed by atoms with van der Waals surface area (Å²) in [6.07, 6.45) is 6.01. The van der Waals surface area contributed by atoms with Crippen molar-refractivity contribution in [3.05, 3.63) is 34.9 Å². The number of benzene rings is 1. The van der Waals surface area contributed by atoms with Crippen LogP contribution in [0, 0.1) is 0 Å². The van der Waals surface area contributed by atoms with Crippen LogP contribution >= 0.6 is 0 Å². The molecule has 0 saturated carbocycles. The molecule has 2 N–H and O–H groups in total. The monoisotopic (exact) mass is 260 g/mol. The number of nitrogens with one attached hydrogen (secondary N) is 2. The molecule has 19 heavy (non-hydrogen) atoms. The summed E-state index contributed by atoms with van der Waals surface area (Å²) in [6, 6.07) is 6.80. The van der Waals surface area contributed by atoms with Crippen molar-refractivity contribution in [3.63, 3.8) is 0 Å². The van der Waals surface area contributed by atoms with Crippen molar-refractivity contribution in [1.29, 1.82) is 0 Å². The molecule has 1 aromatic carbocycles. The van der Waals surface area contributed by atoms with Crippen molar-refractivity contribution >= 4 is 5.91 Å². The van der Waals surface area contributed by atoms with Crippen molar-refractivity contribution in [2.45, 2.75) is 39.0 Å². The molecule has 0 aromatic heterocycles. The van der Waals surface area contributed by atoms with Gasteiger partial charge < -0.3 is 10.6 Å². The van der Waals surface area contributed by atoms with Crippen LogP contribution in [0.15, 0.2) is 18.2 Å². The molecule has 0 heterocycles. The third-order valence-electron chi connectivity index (χ3n) is 3.68. The highest BCUT2D eigenvalue weighted by Crippen LogP contribution is 2.22. The van der Waals surface area contributed by atoms with Crippen molar-refractivity contribution in [2.75, 3.05) is 19.6 Å². The maximum atomic E-state index is 11.5. The Hall–Kier alpha value is -1.35. The first kappa shape index (κ1) is 14.1. The SMILES string of the molecule is CCNCC(=O)NCCc1ccc2c(c1)CCCC2. The van der Waals surface area contributed by atoms with Crippen LogP contribution in [0.1, 0.15) is 36.5 Å². The van der Waals surface area contributed by atoms with E-state index >= 15 is 0 Å². The van der Waals surface area contributed by atoms with Gasteiger partial charge in [-0.2, -0.15) is 0 Å². The largest absolute Gasteiger partial charge is 0.355 e. The lowest BCUT2D eigenvalue weighted by atomic mass is 9.90. The summed E-state index contributed by atoms with van der Waals surface area (Å²) in [5, 5.41) is 5.97. The van der Waals surface area contributed by atoms with E-state index in [1.54, 1.807) is 0 Å². The highest BCUT2D eigenvalue weighted by Gasteiger charge is 2.09. The van der Waals surface area contributed by atoms with Crippen LogP contribution in [0.25, 0.3) is 0 Å². The van der Waals surface area contributed by atoms with Crippen LogP contribution in [-0.4, -0.2) is 25.5 Å². The minimum absolute atomic E-state index is 0.0832. The lowest BCUT2D eigenvalue weighted by Crippen LogP contribution is -2.34. The topological polar surface area (TPSA) is 41.1 Å². The third kappa shape index (κ3) is 4.35. The van der Waals surface area contributed by atoms with Gasteiger partial charge in [0.15, 0.2) is 0 Å². The van der Waals surface area contributed by atoms with Crippen LogP contribution < -0.4 is 10.6 Å². The zero-order chi connectivity index (χ0) is 13.5. The molecule has 3 heteroatoms. The average Bonchev–Trinajstić information content (AvgIpc) is 2.45. The van der Waals surface area contributed by atoms with Crippen LogP contribution in [0.5, 0.6) is 0 Å². The number of carbonyl (C=O) groups excluding carboxylic acids is 1. The van der Waals surface area contributed by atoms with E-state index in [9.17, 15) is 4.79 Å². The number of rotatable bonds is 6. The summed E-state index contributed by atoms with van der Waals surface area (Å²) in [4.78, 5) is 11.5. The van der Waals surface area contributed by atoms with Crippen molar-refractivity contribution < 1.29 is 4.79 Å². The highest BCUT2D eigenvalue weighted by atomic mass is 16.1. The van der Waals surface area contributed by atoms with Crippen LogP contribution in [0.2, 0.25) is 0 Å². The Bertz CT molecular complexity index is 429. The molecule has 0 bridgehead atoms. The molecule has 1 aliphatic carbocycles. The van der Waals surface area contributed by atoms with Gasteiger partial charge in [-0.1, -0.05) is 25.1 Å². The lowest BCUT2D eigenvalue weighted by molar-refractivity contribution is -0.120. The molecule has 1 amide bonds. The summed E-state index contributed by atoms with van der Waals surface area (Å²) in [5.74, 6) is 0.0832. The fourth-order valence-corrected chi connectivity index (χ4v) is 2.59. The van der Waals surface area contributed by atoms with Gasteiger partial charge in [-0.25, -0.2) is 0 Å². The molecular weight excluding hydrogens is 236 g/mol. The number of likely N-dealkylation sites (N-methyl/N-ethyl adjacent to an activating group) is 1. The molecule has 0 unspecified atom stereocenters. The van der Waals surface area contributed by atoms with Crippen molar-refractivity contribution in [2.24, 2.45) is 0 Å². The maximum Gasteiger partial charge on any atom is 0.233 e. The van der Waals surface area contributed by atoms with Gasteiger partial charge in [0.1, 0.15) is 0 Å². The van der Waals surface area contributed by atoms with Gasteiger partial charge in [0.25, 0.3) is 0 Å². The quantitative estimate of drug-likeness (QED) is 0.819. The summed E-state index contributed by atoms with van der Waals surface area (Å²) in [7, 11) is 0. The molecule has 0 aliphatic heterocycles. The highest BCUT2D eigenvalue weighted by molar-refractivity contribution is 5.77. The predicted molar refractivity (Wildman–Crippen MR) is 78.3 cm³/mol. The molecule has 0 saturated heterocycles. The number of hydrogen-bond donors (Lipinski definition) is 2. The van der Waals surface area contributed by atoms with E-state index in [-0.39, 0.29) is 5.91 Å². The number of hydrogen-bond acceptors (Lipinski definition) is 2. The second-order valence-electron chi connectivity index (χ2n) is 5.19.